The van der Waals surface area contributed by atoms with Gasteiger partial charge in [-0.15, -0.1) is 0 Å². The molecule has 2 aromatic carbocycles. The van der Waals surface area contributed by atoms with Gasteiger partial charge in [0, 0.05) is 5.41 Å². The van der Waals surface area contributed by atoms with Crippen LogP contribution in [0.3, 0.4) is 0 Å². The lowest BCUT2D eigenvalue weighted by molar-refractivity contribution is 0.0849. The number of anilines is 1. The predicted molar refractivity (Wildman–Crippen MR) is 95.3 cm³/mol. The van der Waals surface area contributed by atoms with Crippen LogP contribution in [0.25, 0.3) is 6.08 Å². The molecule has 0 radical (unpaired) electrons. The van der Waals surface area contributed by atoms with Crippen LogP contribution in [0.4, 0.5) is 5.69 Å². The average Bonchev–Trinajstić information content (AvgIpc) is 3.02. The molecule has 1 saturated heterocycles. The first-order chi connectivity index (χ1) is 11.1. The summed E-state index contributed by atoms with van der Waals surface area (Å²) in [5.41, 5.74) is 5.27. The molecule has 2 unspecified atom stereocenters. The second-order valence-electron chi connectivity index (χ2n) is 7.24. The Morgan fingerprint density at radius 1 is 1.09 bits per heavy atom. The lowest BCUT2D eigenvalue weighted by atomic mass is 9.78. The highest BCUT2D eigenvalue weighted by atomic mass is 16.7. The van der Waals surface area contributed by atoms with Crippen molar-refractivity contribution in [1.29, 1.82) is 0 Å². The SMILES string of the molecule is Cc1ccccc1C=CC1ON2c3ccccc3CC2C1(C)C. The predicted octanol–water partition coefficient (Wildman–Crippen LogP) is 4.78. The molecule has 0 amide bonds. The van der Waals surface area contributed by atoms with Crippen LogP contribution in [0.2, 0.25) is 0 Å². The van der Waals surface area contributed by atoms with Crippen molar-refractivity contribution >= 4 is 11.8 Å². The highest BCUT2D eigenvalue weighted by Gasteiger charge is 2.51. The largest absolute Gasteiger partial charge is 0.265 e. The lowest BCUT2D eigenvalue weighted by Crippen LogP contribution is -2.36. The summed E-state index contributed by atoms with van der Waals surface area (Å²) in [7, 11) is 0. The van der Waals surface area contributed by atoms with Crippen molar-refractivity contribution in [2.24, 2.45) is 5.41 Å². The topological polar surface area (TPSA) is 12.5 Å². The number of hydrogen-bond donors (Lipinski definition) is 0. The maximum Gasteiger partial charge on any atom is 0.111 e. The highest BCUT2D eigenvalue weighted by molar-refractivity contribution is 5.60. The molecule has 0 N–H and O–H groups in total. The van der Waals surface area contributed by atoms with Crippen molar-refractivity contribution in [2.75, 3.05) is 5.06 Å². The van der Waals surface area contributed by atoms with Gasteiger partial charge in [-0.2, -0.15) is 0 Å². The van der Waals surface area contributed by atoms with Crippen molar-refractivity contribution in [3.63, 3.8) is 0 Å². The Hall–Kier alpha value is -2.06. The Balaban J connectivity index is 1.62. The van der Waals surface area contributed by atoms with Crippen LogP contribution in [0.5, 0.6) is 0 Å². The standard InChI is InChI=1S/C21H23NO/c1-15-8-4-5-9-16(15)12-13-20-21(2,3)19-14-17-10-6-7-11-18(17)22(19)23-20/h4-13,19-20H,14H2,1-3H3. The van der Waals surface area contributed by atoms with Gasteiger partial charge < -0.3 is 0 Å². The molecular formula is C21H23NO. The summed E-state index contributed by atoms with van der Waals surface area (Å²) in [5, 5.41) is 2.14. The zero-order chi connectivity index (χ0) is 16.0. The van der Waals surface area contributed by atoms with Crippen molar-refractivity contribution in [2.45, 2.75) is 39.3 Å². The Labute approximate surface area is 138 Å². The van der Waals surface area contributed by atoms with Gasteiger partial charge in [0.15, 0.2) is 0 Å². The van der Waals surface area contributed by atoms with Crippen molar-refractivity contribution in [3.8, 4) is 0 Å². The van der Waals surface area contributed by atoms with E-state index < -0.39 is 0 Å². The number of para-hydroxylation sites is 1. The molecule has 0 aliphatic carbocycles. The smallest absolute Gasteiger partial charge is 0.111 e. The first-order valence-electron chi connectivity index (χ1n) is 8.35. The first kappa shape index (κ1) is 14.5. The maximum absolute atomic E-state index is 6.34. The van der Waals surface area contributed by atoms with Gasteiger partial charge in [-0.05, 0) is 36.1 Å². The monoisotopic (exact) mass is 305 g/mol. The number of fused-ring (bicyclic) bond motifs is 3. The fourth-order valence-corrected chi connectivity index (χ4v) is 3.75. The Morgan fingerprint density at radius 2 is 1.83 bits per heavy atom. The van der Waals surface area contributed by atoms with Crippen LogP contribution < -0.4 is 5.06 Å². The number of nitrogens with zero attached hydrogens (tertiary/aromatic N) is 1. The zero-order valence-electron chi connectivity index (χ0n) is 14.0. The van der Waals surface area contributed by atoms with Gasteiger partial charge in [0.05, 0.1) is 11.7 Å². The molecular weight excluding hydrogens is 282 g/mol. The molecule has 0 aromatic heterocycles. The molecule has 2 atom stereocenters. The molecule has 0 spiro atoms. The molecule has 2 heterocycles. The average molecular weight is 305 g/mol. The number of hydroxylamine groups is 1. The minimum absolute atomic E-state index is 0.0816. The third kappa shape index (κ3) is 2.29. The van der Waals surface area contributed by atoms with Gasteiger partial charge in [-0.1, -0.05) is 68.5 Å². The van der Waals surface area contributed by atoms with Crippen LogP contribution in [0, 0.1) is 12.3 Å². The van der Waals surface area contributed by atoms with Gasteiger partial charge >= 0.3 is 0 Å². The normalized spacial score (nSPS) is 24.9. The van der Waals surface area contributed by atoms with E-state index in [0.717, 1.165) is 6.42 Å². The van der Waals surface area contributed by atoms with Gasteiger partial charge in [0.1, 0.15) is 6.10 Å². The molecule has 2 aromatic rings. The second kappa shape index (κ2) is 5.24. The Morgan fingerprint density at radius 3 is 2.65 bits per heavy atom. The van der Waals surface area contributed by atoms with Crippen LogP contribution >= 0.6 is 0 Å². The molecule has 2 heteroatoms. The molecule has 2 aliphatic heterocycles. The summed E-state index contributed by atoms with van der Waals surface area (Å²) >= 11 is 0. The molecule has 23 heavy (non-hydrogen) atoms. The third-order valence-corrected chi connectivity index (χ3v) is 5.38. The summed E-state index contributed by atoms with van der Waals surface area (Å²) in [5.74, 6) is 0. The van der Waals surface area contributed by atoms with Gasteiger partial charge in [-0.25, -0.2) is 5.06 Å². The number of rotatable bonds is 2. The minimum Gasteiger partial charge on any atom is -0.265 e. The van der Waals surface area contributed by atoms with Gasteiger partial charge in [0.25, 0.3) is 0 Å². The fourth-order valence-electron chi connectivity index (χ4n) is 3.75. The summed E-state index contributed by atoms with van der Waals surface area (Å²) < 4.78 is 0. The fraction of sp³-hybridized carbons (Fsp3) is 0.333. The summed E-state index contributed by atoms with van der Waals surface area (Å²) in [6, 6.07) is 17.5. The van der Waals surface area contributed by atoms with E-state index in [1.807, 2.05) is 0 Å². The number of hydrogen-bond acceptors (Lipinski definition) is 2. The van der Waals surface area contributed by atoms with E-state index in [1.54, 1.807) is 0 Å². The van der Waals surface area contributed by atoms with E-state index in [2.05, 4.69) is 86.5 Å². The van der Waals surface area contributed by atoms with E-state index in [4.69, 9.17) is 4.84 Å². The molecule has 1 fully saturated rings. The summed E-state index contributed by atoms with van der Waals surface area (Å²) in [6.07, 6.45) is 5.59. The van der Waals surface area contributed by atoms with Crippen molar-refractivity contribution in [3.05, 3.63) is 71.3 Å². The van der Waals surface area contributed by atoms with Gasteiger partial charge in [0.2, 0.25) is 0 Å². The van der Waals surface area contributed by atoms with E-state index in [0.29, 0.717) is 6.04 Å². The molecule has 2 nitrogen and oxygen atoms in total. The van der Waals surface area contributed by atoms with E-state index in [-0.39, 0.29) is 11.5 Å². The highest BCUT2D eigenvalue weighted by Crippen LogP contribution is 2.48. The van der Waals surface area contributed by atoms with Crippen LogP contribution in [0.1, 0.15) is 30.5 Å². The van der Waals surface area contributed by atoms with Crippen LogP contribution in [-0.2, 0) is 11.3 Å². The number of benzene rings is 2. The minimum atomic E-state index is 0.0816. The molecule has 118 valence electrons. The zero-order valence-corrected chi connectivity index (χ0v) is 14.0. The van der Waals surface area contributed by atoms with Crippen molar-refractivity contribution < 1.29 is 4.84 Å². The number of aryl methyl sites for hydroxylation is 1. The van der Waals surface area contributed by atoms with E-state index in [1.165, 1.54) is 22.4 Å². The van der Waals surface area contributed by atoms with Crippen LogP contribution in [-0.4, -0.2) is 12.1 Å². The maximum atomic E-state index is 6.34. The third-order valence-electron chi connectivity index (χ3n) is 5.38. The molecule has 0 saturated carbocycles. The van der Waals surface area contributed by atoms with E-state index >= 15 is 0 Å². The second-order valence-corrected chi connectivity index (χ2v) is 7.24. The summed E-state index contributed by atoms with van der Waals surface area (Å²) in [4.78, 5) is 6.34. The van der Waals surface area contributed by atoms with Crippen molar-refractivity contribution in [1.82, 2.24) is 0 Å². The summed E-state index contributed by atoms with van der Waals surface area (Å²) in [6.45, 7) is 6.78. The van der Waals surface area contributed by atoms with E-state index in [9.17, 15) is 0 Å². The van der Waals surface area contributed by atoms with Crippen LogP contribution in [0.15, 0.2) is 54.6 Å². The Kier molecular flexibility index (Phi) is 3.31. The lowest BCUT2D eigenvalue weighted by Gasteiger charge is -2.26. The molecule has 4 rings (SSSR count). The van der Waals surface area contributed by atoms with Gasteiger partial charge in [-0.3, -0.25) is 4.84 Å². The first-order valence-corrected chi connectivity index (χ1v) is 8.35. The molecule has 0 bridgehead atoms. The Bertz CT molecular complexity index is 762. The quantitative estimate of drug-likeness (QED) is 0.791. The molecule has 2 aliphatic rings.